The molecular formula is C15H21N. The van der Waals surface area contributed by atoms with Crippen molar-refractivity contribution in [3.63, 3.8) is 0 Å². The molecule has 1 atom stereocenters. The molecule has 1 nitrogen and oxygen atoms in total. The van der Waals surface area contributed by atoms with Gasteiger partial charge in [-0.2, -0.15) is 0 Å². The van der Waals surface area contributed by atoms with Gasteiger partial charge in [0.2, 0.25) is 0 Å². The fourth-order valence-corrected chi connectivity index (χ4v) is 2.30. The number of rotatable bonds is 4. The fourth-order valence-electron chi connectivity index (χ4n) is 2.30. The predicted octanol–water partition coefficient (Wildman–Crippen LogP) is 3.45. The molecule has 0 amide bonds. The Labute approximate surface area is 98.4 Å². The van der Waals surface area contributed by atoms with Crippen LogP contribution in [-0.2, 0) is 6.42 Å². The van der Waals surface area contributed by atoms with E-state index in [2.05, 4.69) is 36.4 Å². The van der Waals surface area contributed by atoms with E-state index in [0.717, 1.165) is 6.42 Å². The molecule has 0 saturated carbocycles. The normalized spacial score (nSPS) is 20.6. The van der Waals surface area contributed by atoms with Crippen LogP contribution in [0.1, 0.15) is 37.7 Å². The van der Waals surface area contributed by atoms with Gasteiger partial charge in [0.05, 0.1) is 0 Å². The summed E-state index contributed by atoms with van der Waals surface area (Å²) in [7, 11) is 0. The first-order chi connectivity index (χ1) is 7.84. The first-order valence-corrected chi connectivity index (χ1v) is 6.32. The van der Waals surface area contributed by atoms with Crippen LogP contribution in [0.2, 0.25) is 0 Å². The number of hydrogen-bond donors (Lipinski definition) is 1. The highest BCUT2D eigenvalue weighted by molar-refractivity contribution is 5.15. The molecule has 1 aliphatic rings. The highest BCUT2D eigenvalue weighted by Crippen LogP contribution is 2.21. The van der Waals surface area contributed by atoms with Gasteiger partial charge < -0.3 is 5.73 Å². The lowest BCUT2D eigenvalue weighted by molar-refractivity contribution is 0.573. The Kier molecular flexibility index (Phi) is 4.17. The third-order valence-corrected chi connectivity index (χ3v) is 3.35. The maximum atomic E-state index is 5.87. The molecule has 1 unspecified atom stereocenters. The molecule has 1 aromatic carbocycles. The highest BCUT2D eigenvalue weighted by Gasteiger charge is 2.09. The lowest BCUT2D eigenvalue weighted by Crippen LogP contribution is -2.21. The Balaban J connectivity index is 1.72. The average Bonchev–Trinajstić information content (AvgIpc) is 2.33. The molecule has 2 N–H and O–H groups in total. The van der Waals surface area contributed by atoms with Crippen LogP contribution in [0.3, 0.4) is 0 Å². The molecule has 0 fully saturated rings. The van der Waals surface area contributed by atoms with E-state index < -0.39 is 0 Å². The van der Waals surface area contributed by atoms with E-state index in [0.29, 0.717) is 6.04 Å². The summed E-state index contributed by atoms with van der Waals surface area (Å²) in [5.41, 5.74) is 8.95. The van der Waals surface area contributed by atoms with Crippen LogP contribution >= 0.6 is 0 Å². The van der Waals surface area contributed by atoms with Crippen LogP contribution in [0.25, 0.3) is 0 Å². The standard InChI is InChI=1S/C15H21N/c16-15-11-9-14(10-12-15)8-4-7-13-5-2-1-3-6-13/h1-3,5-6,9,15H,4,7-8,10-12,16H2. The van der Waals surface area contributed by atoms with E-state index in [1.165, 1.54) is 37.7 Å². The molecule has 1 aliphatic carbocycles. The van der Waals surface area contributed by atoms with Crippen molar-refractivity contribution in [1.82, 2.24) is 0 Å². The fraction of sp³-hybridized carbons (Fsp3) is 0.467. The Bertz CT molecular complexity index is 340. The molecule has 0 saturated heterocycles. The van der Waals surface area contributed by atoms with E-state index in [1.807, 2.05) is 0 Å². The summed E-state index contributed by atoms with van der Waals surface area (Å²) in [6.07, 6.45) is 9.56. The molecule has 0 aliphatic heterocycles. The van der Waals surface area contributed by atoms with Crippen molar-refractivity contribution in [2.75, 3.05) is 0 Å². The third kappa shape index (κ3) is 3.49. The number of allylic oxidation sites excluding steroid dienone is 1. The minimum atomic E-state index is 0.415. The Morgan fingerprint density at radius 2 is 1.94 bits per heavy atom. The lowest BCUT2D eigenvalue weighted by Gasteiger charge is -2.18. The van der Waals surface area contributed by atoms with E-state index >= 15 is 0 Å². The lowest BCUT2D eigenvalue weighted by atomic mass is 9.92. The summed E-state index contributed by atoms with van der Waals surface area (Å²) in [6.45, 7) is 0. The quantitative estimate of drug-likeness (QED) is 0.765. The van der Waals surface area contributed by atoms with E-state index in [4.69, 9.17) is 5.73 Å². The number of benzene rings is 1. The summed E-state index contributed by atoms with van der Waals surface area (Å²) in [6, 6.07) is 11.2. The van der Waals surface area contributed by atoms with Crippen molar-refractivity contribution in [2.45, 2.75) is 44.6 Å². The van der Waals surface area contributed by atoms with Gasteiger partial charge in [0.15, 0.2) is 0 Å². The molecular weight excluding hydrogens is 194 g/mol. The van der Waals surface area contributed by atoms with Crippen molar-refractivity contribution in [3.05, 3.63) is 47.5 Å². The van der Waals surface area contributed by atoms with Crippen LogP contribution in [0.4, 0.5) is 0 Å². The maximum absolute atomic E-state index is 5.87. The molecule has 1 aromatic rings. The zero-order valence-corrected chi connectivity index (χ0v) is 9.86. The zero-order valence-electron chi connectivity index (χ0n) is 9.86. The van der Waals surface area contributed by atoms with Gasteiger partial charge in [0.25, 0.3) is 0 Å². The monoisotopic (exact) mass is 215 g/mol. The highest BCUT2D eigenvalue weighted by atomic mass is 14.6. The van der Waals surface area contributed by atoms with Crippen molar-refractivity contribution < 1.29 is 0 Å². The predicted molar refractivity (Wildman–Crippen MR) is 69.3 cm³/mol. The smallest absolute Gasteiger partial charge is 0.00765 e. The molecule has 0 aromatic heterocycles. The van der Waals surface area contributed by atoms with Gasteiger partial charge in [-0.3, -0.25) is 0 Å². The van der Waals surface area contributed by atoms with Gasteiger partial charge in [0.1, 0.15) is 0 Å². The first kappa shape index (κ1) is 11.4. The molecule has 86 valence electrons. The minimum absolute atomic E-state index is 0.415. The summed E-state index contributed by atoms with van der Waals surface area (Å²) in [5, 5.41) is 0. The van der Waals surface area contributed by atoms with Crippen LogP contribution < -0.4 is 5.73 Å². The van der Waals surface area contributed by atoms with Gasteiger partial charge in [0, 0.05) is 6.04 Å². The van der Waals surface area contributed by atoms with Crippen LogP contribution in [0, 0.1) is 0 Å². The SMILES string of the molecule is NC1CC=C(CCCc2ccccc2)CC1. The number of aryl methyl sites for hydroxylation is 1. The summed E-state index contributed by atoms with van der Waals surface area (Å²) in [4.78, 5) is 0. The zero-order chi connectivity index (χ0) is 11.2. The largest absolute Gasteiger partial charge is 0.327 e. The Morgan fingerprint density at radius 1 is 1.12 bits per heavy atom. The van der Waals surface area contributed by atoms with Gasteiger partial charge >= 0.3 is 0 Å². The van der Waals surface area contributed by atoms with Crippen molar-refractivity contribution in [1.29, 1.82) is 0 Å². The van der Waals surface area contributed by atoms with Crippen LogP contribution in [0.15, 0.2) is 42.0 Å². The first-order valence-electron chi connectivity index (χ1n) is 6.32. The molecule has 0 radical (unpaired) electrons. The maximum Gasteiger partial charge on any atom is 0.00765 e. The molecule has 0 bridgehead atoms. The molecule has 0 heterocycles. The molecule has 0 spiro atoms. The second-order valence-electron chi connectivity index (χ2n) is 4.74. The second kappa shape index (κ2) is 5.86. The van der Waals surface area contributed by atoms with Gasteiger partial charge in [-0.25, -0.2) is 0 Å². The van der Waals surface area contributed by atoms with Crippen LogP contribution in [0.5, 0.6) is 0 Å². The van der Waals surface area contributed by atoms with Gasteiger partial charge in [-0.1, -0.05) is 42.0 Å². The van der Waals surface area contributed by atoms with Crippen molar-refractivity contribution in [3.8, 4) is 0 Å². The molecule has 1 heteroatoms. The summed E-state index contributed by atoms with van der Waals surface area (Å²) in [5.74, 6) is 0. The summed E-state index contributed by atoms with van der Waals surface area (Å²) >= 11 is 0. The van der Waals surface area contributed by atoms with Gasteiger partial charge in [-0.15, -0.1) is 0 Å². The van der Waals surface area contributed by atoms with E-state index in [9.17, 15) is 0 Å². The van der Waals surface area contributed by atoms with Gasteiger partial charge in [-0.05, 0) is 44.1 Å². The topological polar surface area (TPSA) is 26.0 Å². The second-order valence-corrected chi connectivity index (χ2v) is 4.74. The summed E-state index contributed by atoms with van der Waals surface area (Å²) < 4.78 is 0. The van der Waals surface area contributed by atoms with Crippen molar-refractivity contribution >= 4 is 0 Å². The molecule has 16 heavy (non-hydrogen) atoms. The van der Waals surface area contributed by atoms with Crippen molar-refractivity contribution in [2.24, 2.45) is 5.73 Å². The number of hydrogen-bond acceptors (Lipinski definition) is 1. The minimum Gasteiger partial charge on any atom is -0.327 e. The van der Waals surface area contributed by atoms with E-state index in [1.54, 1.807) is 5.57 Å². The average molecular weight is 215 g/mol. The Hall–Kier alpha value is -1.08. The van der Waals surface area contributed by atoms with Crippen LogP contribution in [-0.4, -0.2) is 6.04 Å². The Morgan fingerprint density at radius 3 is 2.62 bits per heavy atom. The number of nitrogens with two attached hydrogens (primary N) is 1. The third-order valence-electron chi connectivity index (χ3n) is 3.35. The van der Waals surface area contributed by atoms with E-state index in [-0.39, 0.29) is 0 Å². The molecule has 2 rings (SSSR count).